The second-order valence-electron chi connectivity index (χ2n) is 6.87. The van der Waals surface area contributed by atoms with Gasteiger partial charge in [-0.1, -0.05) is 31.8 Å². The molecule has 0 saturated carbocycles. The molecule has 0 spiro atoms. The zero-order chi connectivity index (χ0) is 22.5. The second-order valence-corrected chi connectivity index (χ2v) is 9.21. The van der Waals surface area contributed by atoms with Crippen LogP contribution in [0.4, 0.5) is 8.78 Å². The standard InChI is InChI=1S/C21H26F2IN5O/c1-12-8-18(29-10-15(12)13(2)9-21(22,23)24-4)14(3)28-11-16-17(25)6-7-27-19(16)20(30)26-5/h6-8,10-11,14,19,27H,2,4,9,25H2,1,3,5H3,(H,26,30). The van der Waals surface area contributed by atoms with Gasteiger partial charge >= 0.3 is 0 Å². The number of amides is 1. The summed E-state index contributed by atoms with van der Waals surface area (Å²) in [6.07, 6.45) is 6.00. The van der Waals surface area contributed by atoms with E-state index in [4.69, 9.17) is 5.73 Å². The number of nitrogens with two attached hydrogens (primary N) is 1. The largest absolute Gasteiger partial charge is 0.398 e. The molecule has 30 heavy (non-hydrogen) atoms. The van der Waals surface area contributed by atoms with E-state index in [0.29, 0.717) is 28.1 Å². The van der Waals surface area contributed by atoms with E-state index < -0.39 is 37.1 Å². The van der Waals surface area contributed by atoms with Gasteiger partial charge in [0.25, 0.3) is 3.93 Å². The van der Waals surface area contributed by atoms with E-state index in [9.17, 15) is 13.6 Å². The molecule has 162 valence electrons. The Bertz CT molecular complexity index is 939. The number of rotatable bonds is 8. The SMILES string of the molecule is C=IC(F)(F)CC(=C)c1cnc(C(C)N=CC2=C(N)C=CNC2C(=O)NC)cc1C. The van der Waals surface area contributed by atoms with E-state index in [1.807, 2.05) is 19.9 Å². The molecule has 6 nitrogen and oxygen atoms in total. The molecule has 2 heterocycles. The first-order chi connectivity index (χ1) is 14.1. The fraction of sp³-hybridized carbons (Fsp3) is 0.333. The Morgan fingerprint density at radius 2 is 2.27 bits per heavy atom. The number of allylic oxidation sites excluding steroid dienone is 2. The lowest BCUT2D eigenvalue weighted by atomic mass is 10.00. The maximum atomic E-state index is 13.7. The second kappa shape index (κ2) is 10.1. The van der Waals surface area contributed by atoms with Gasteiger partial charge in [0, 0.05) is 37.2 Å². The average Bonchev–Trinajstić information content (AvgIpc) is 2.71. The number of aliphatic imine (C=N–C) groups is 1. The summed E-state index contributed by atoms with van der Waals surface area (Å²) in [7, 11) is 1.55. The Balaban J connectivity index is 2.21. The molecule has 1 amide bonds. The van der Waals surface area contributed by atoms with Crippen molar-refractivity contribution >= 4 is 42.9 Å². The van der Waals surface area contributed by atoms with Gasteiger partial charge in [0.2, 0.25) is 5.91 Å². The van der Waals surface area contributed by atoms with Crippen LogP contribution in [0.5, 0.6) is 0 Å². The minimum absolute atomic E-state index is 0.227. The van der Waals surface area contributed by atoms with Crippen LogP contribution in [0.25, 0.3) is 5.57 Å². The monoisotopic (exact) mass is 529 g/mol. The number of carbonyl (C=O) groups excluding carboxylic acids is 1. The summed E-state index contributed by atoms with van der Waals surface area (Å²) in [4.78, 5) is 21.0. The van der Waals surface area contributed by atoms with Crippen LogP contribution >= 0.6 is 20.7 Å². The number of nitrogens with zero attached hydrogens (tertiary/aromatic N) is 2. The first-order valence-electron chi connectivity index (χ1n) is 9.18. The van der Waals surface area contributed by atoms with Gasteiger partial charge in [-0.05, 0) is 48.9 Å². The predicted octanol–water partition coefficient (Wildman–Crippen LogP) is 3.36. The number of pyridine rings is 1. The van der Waals surface area contributed by atoms with E-state index in [0.717, 1.165) is 5.56 Å². The molecule has 2 rings (SSSR count). The van der Waals surface area contributed by atoms with Crippen LogP contribution in [0.2, 0.25) is 0 Å². The highest BCUT2D eigenvalue weighted by molar-refractivity contribution is 14.2. The third-order valence-electron chi connectivity index (χ3n) is 4.67. The summed E-state index contributed by atoms with van der Waals surface area (Å²) >= 11 is -1.45. The van der Waals surface area contributed by atoms with E-state index in [-0.39, 0.29) is 11.9 Å². The van der Waals surface area contributed by atoms with Crippen molar-refractivity contribution in [1.82, 2.24) is 15.6 Å². The highest BCUT2D eigenvalue weighted by Crippen LogP contribution is 2.37. The van der Waals surface area contributed by atoms with Gasteiger partial charge in [-0.2, -0.15) is 8.78 Å². The average molecular weight is 529 g/mol. The summed E-state index contributed by atoms with van der Waals surface area (Å²) in [5.41, 5.74) is 9.46. The summed E-state index contributed by atoms with van der Waals surface area (Å²) in [6, 6.07) is 0.857. The van der Waals surface area contributed by atoms with Crippen molar-refractivity contribution in [2.24, 2.45) is 10.7 Å². The molecule has 1 aliphatic rings. The lowest BCUT2D eigenvalue weighted by Crippen LogP contribution is -2.44. The summed E-state index contributed by atoms with van der Waals surface area (Å²) in [5, 5.41) is 5.54. The topological polar surface area (TPSA) is 92.4 Å². The molecule has 0 aliphatic carbocycles. The normalized spacial score (nSPS) is 17.7. The molecular formula is C21H26F2IN5O. The van der Waals surface area contributed by atoms with Gasteiger partial charge in [-0.25, -0.2) is 0 Å². The van der Waals surface area contributed by atoms with Crippen LogP contribution in [-0.4, -0.2) is 38.6 Å². The number of aromatic nitrogens is 1. The predicted molar refractivity (Wildman–Crippen MR) is 127 cm³/mol. The molecule has 0 radical (unpaired) electrons. The highest BCUT2D eigenvalue weighted by Gasteiger charge is 2.27. The van der Waals surface area contributed by atoms with Crippen LogP contribution < -0.4 is 16.4 Å². The molecular weight excluding hydrogens is 503 g/mol. The quantitative estimate of drug-likeness (QED) is 0.274. The zero-order valence-corrected chi connectivity index (χ0v) is 19.3. The van der Waals surface area contributed by atoms with E-state index >= 15 is 0 Å². The number of hydrogen-bond acceptors (Lipinski definition) is 5. The molecule has 2 unspecified atom stereocenters. The first kappa shape index (κ1) is 23.8. The van der Waals surface area contributed by atoms with Crippen LogP contribution in [0, 0.1) is 6.92 Å². The number of alkyl halides is 3. The molecule has 9 heteroatoms. The fourth-order valence-electron chi connectivity index (χ4n) is 2.93. The smallest absolute Gasteiger partial charge is 0.295 e. The molecule has 0 bridgehead atoms. The first-order valence-corrected chi connectivity index (χ1v) is 11.8. The minimum atomic E-state index is -2.78. The number of carbonyl (C=O) groups is 1. The Labute approximate surface area is 185 Å². The Kier molecular flexibility index (Phi) is 7.99. The third kappa shape index (κ3) is 5.80. The number of likely N-dealkylation sites (N-methyl/N-ethyl adjacent to an activating group) is 1. The lowest BCUT2D eigenvalue weighted by molar-refractivity contribution is -0.121. The fourth-order valence-corrected chi connectivity index (χ4v) is 3.66. The maximum Gasteiger partial charge on any atom is 0.295 e. The van der Waals surface area contributed by atoms with Gasteiger partial charge in [0.05, 0.1) is 11.7 Å². The van der Waals surface area contributed by atoms with Crippen LogP contribution in [0.3, 0.4) is 0 Å². The summed E-state index contributed by atoms with van der Waals surface area (Å²) in [5.74, 6) is -0.227. The molecule has 2 atom stereocenters. The number of dihydropyridines is 1. The number of nitrogens with one attached hydrogen (secondary N) is 2. The van der Waals surface area contributed by atoms with Gasteiger partial charge in [-0.3, -0.25) is 14.8 Å². The van der Waals surface area contributed by atoms with Gasteiger partial charge in [-0.15, -0.1) is 0 Å². The third-order valence-corrected chi connectivity index (χ3v) is 6.16. The Morgan fingerprint density at radius 1 is 1.57 bits per heavy atom. The van der Waals surface area contributed by atoms with Gasteiger partial charge in [0.15, 0.2) is 0 Å². The minimum Gasteiger partial charge on any atom is -0.398 e. The molecule has 0 saturated heterocycles. The highest BCUT2D eigenvalue weighted by atomic mass is 127. The summed E-state index contributed by atoms with van der Waals surface area (Å²) < 4.78 is 28.0. The van der Waals surface area contributed by atoms with Crippen LogP contribution in [0.15, 0.2) is 47.4 Å². The molecule has 0 fully saturated rings. The number of aryl methyl sites for hydroxylation is 1. The number of halogens is 3. The van der Waals surface area contributed by atoms with E-state index in [1.54, 1.807) is 31.7 Å². The van der Waals surface area contributed by atoms with Gasteiger partial charge in [0.1, 0.15) is 6.04 Å². The molecule has 1 aromatic heterocycles. The lowest BCUT2D eigenvalue weighted by Gasteiger charge is -2.22. The van der Waals surface area contributed by atoms with E-state index in [1.165, 1.54) is 0 Å². The zero-order valence-electron chi connectivity index (χ0n) is 17.2. The van der Waals surface area contributed by atoms with Crippen molar-refractivity contribution in [3.8, 4) is 0 Å². The molecule has 0 aromatic carbocycles. The Hall–Kier alpha value is -2.43. The molecule has 1 aliphatic heterocycles. The van der Waals surface area contributed by atoms with Crippen LogP contribution in [0.1, 0.15) is 36.2 Å². The van der Waals surface area contributed by atoms with Crippen molar-refractivity contribution < 1.29 is 13.6 Å². The molecule has 1 aromatic rings. The van der Waals surface area contributed by atoms with Crippen LogP contribution in [-0.2, 0) is 4.79 Å². The van der Waals surface area contributed by atoms with Crippen molar-refractivity contribution in [1.29, 1.82) is 0 Å². The van der Waals surface area contributed by atoms with E-state index in [2.05, 4.69) is 31.7 Å². The van der Waals surface area contributed by atoms with Crippen molar-refractivity contribution in [2.45, 2.75) is 36.3 Å². The maximum absolute atomic E-state index is 13.7. The van der Waals surface area contributed by atoms with Crippen molar-refractivity contribution in [2.75, 3.05) is 7.05 Å². The number of hydrogen-bond donors (Lipinski definition) is 3. The Morgan fingerprint density at radius 3 is 2.87 bits per heavy atom. The summed E-state index contributed by atoms with van der Waals surface area (Å²) in [6.45, 7) is 7.49. The van der Waals surface area contributed by atoms with Crippen molar-refractivity contribution in [3.63, 3.8) is 0 Å². The van der Waals surface area contributed by atoms with Gasteiger partial charge < -0.3 is 16.4 Å². The van der Waals surface area contributed by atoms with Crippen molar-refractivity contribution in [3.05, 3.63) is 59.2 Å². The molecule has 4 N–H and O–H groups in total.